The summed E-state index contributed by atoms with van der Waals surface area (Å²) in [7, 11) is -3.42. The molecule has 2 aliphatic heterocycles. The fourth-order valence-electron chi connectivity index (χ4n) is 4.32. The van der Waals surface area contributed by atoms with Gasteiger partial charge in [0, 0.05) is 26.1 Å². The Morgan fingerprint density at radius 3 is 2.28 bits per heavy atom. The van der Waals surface area contributed by atoms with Crippen LogP contribution in [0.3, 0.4) is 0 Å². The number of carbonyl (C=O) groups is 1. The summed E-state index contributed by atoms with van der Waals surface area (Å²) in [5.74, 6) is 0.369. The van der Waals surface area contributed by atoms with Crippen molar-refractivity contribution in [3.05, 3.63) is 30.3 Å². The molecule has 2 saturated heterocycles. The minimum absolute atomic E-state index is 0.102. The maximum absolute atomic E-state index is 12.7. The molecular formula is C22H35N3O3S. The summed E-state index contributed by atoms with van der Waals surface area (Å²) in [4.78, 5) is 15.1. The zero-order valence-electron chi connectivity index (χ0n) is 17.4. The molecule has 1 amide bonds. The number of nitrogens with zero attached hydrogens (tertiary/aromatic N) is 2. The highest BCUT2D eigenvalue weighted by Gasteiger charge is 2.29. The van der Waals surface area contributed by atoms with E-state index in [1.807, 2.05) is 6.07 Å². The summed E-state index contributed by atoms with van der Waals surface area (Å²) in [6.45, 7) is 5.16. The minimum Gasteiger partial charge on any atom is -0.356 e. The van der Waals surface area contributed by atoms with Crippen LogP contribution < -0.4 is 5.32 Å². The third-order valence-corrected chi connectivity index (χ3v) is 8.01. The fraction of sp³-hybridized carbons (Fsp3) is 0.682. The Labute approximate surface area is 175 Å². The molecule has 0 radical (unpaired) electrons. The van der Waals surface area contributed by atoms with Gasteiger partial charge in [0.15, 0.2) is 0 Å². The van der Waals surface area contributed by atoms with Crippen molar-refractivity contribution >= 4 is 15.9 Å². The van der Waals surface area contributed by atoms with E-state index in [1.165, 1.54) is 38.8 Å². The van der Waals surface area contributed by atoms with Crippen molar-refractivity contribution in [1.82, 2.24) is 14.5 Å². The quantitative estimate of drug-likeness (QED) is 0.656. The molecule has 0 atom stereocenters. The van der Waals surface area contributed by atoms with Crippen LogP contribution in [0, 0.1) is 5.92 Å². The van der Waals surface area contributed by atoms with Crippen molar-refractivity contribution in [3.63, 3.8) is 0 Å². The average molecular weight is 422 g/mol. The molecule has 2 aliphatic rings. The first-order chi connectivity index (χ1) is 14.1. The van der Waals surface area contributed by atoms with Crippen LogP contribution in [0.4, 0.5) is 0 Å². The molecule has 0 bridgehead atoms. The largest absolute Gasteiger partial charge is 0.356 e. The van der Waals surface area contributed by atoms with Gasteiger partial charge in [-0.15, -0.1) is 0 Å². The third-order valence-electron chi connectivity index (χ3n) is 6.10. The maximum atomic E-state index is 12.7. The Kier molecular flexibility index (Phi) is 8.51. The lowest BCUT2D eigenvalue weighted by atomic mass is 9.94. The smallest absolute Gasteiger partial charge is 0.243 e. The molecule has 6 nitrogen and oxygen atoms in total. The van der Waals surface area contributed by atoms with Gasteiger partial charge >= 0.3 is 0 Å². The predicted molar refractivity (Wildman–Crippen MR) is 115 cm³/mol. The van der Waals surface area contributed by atoms with Gasteiger partial charge in [-0.1, -0.05) is 31.0 Å². The molecule has 2 heterocycles. The number of nitrogens with one attached hydrogen (secondary N) is 1. The lowest BCUT2D eigenvalue weighted by molar-refractivity contribution is -0.122. The van der Waals surface area contributed by atoms with Crippen LogP contribution in [-0.2, 0) is 14.8 Å². The molecule has 162 valence electrons. The number of benzene rings is 1. The second-order valence-corrected chi connectivity index (χ2v) is 10.3. The number of piperidine rings is 1. The molecular weight excluding hydrogens is 386 g/mol. The Bertz CT molecular complexity index is 723. The van der Waals surface area contributed by atoms with Crippen molar-refractivity contribution in [1.29, 1.82) is 0 Å². The van der Waals surface area contributed by atoms with Crippen molar-refractivity contribution in [2.75, 3.05) is 39.3 Å². The summed E-state index contributed by atoms with van der Waals surface area (Å²) in [5, 5.41) is 3.06. The van der Waals surface area contributed by atoms with Crippen LogP contribution in [-0.4, -0.2) is 62.8 Å². The van der Waals surface area contributed by atoms with Gasteiger partial charge in [-0.25, -0.2) is 8.42 Å². The topological polar surface area (TPSA) is 69.7 Å². The van der Waals surface area contributed by atoms with Crippen LogP contribution in [0.15, 0.2) is 35.2 Å². The number of rotatable bonds is 8. The summed E-state index contributed by atoms with van der Waals surface area (Å²) in [5.41, 5.74) is 0. The van der Waals surface area contributed by atoms with Crippen LogP contribution >= 0.6 is 0 Å². The van der Waals surface area contributed by atoms with Gasteiger partial charge in [0.05, 0.1) is 4.90 Å². The van der Waals surface area contributed by atoms with Crippen molar-refractivity contribution in [2.45, 2.75) is 56.3 Å². The van der Waals surface area contributed by atoms with E-state index in [2.05, 4.69) is 10.2 Å². The Hall–Kier alpha value is -1.44. The highest BCUT2D eigenvalue weighted by molar-refractivity contribution is 7.89. The molecule has 0 unspecified atom stereocenters. The van der Waals surface area contributed by atoms with Crippen molar-refractivity contribution in [3.8, 4) is 0 Å². The predicted octanol–water partition coefficient (Wildman–Crippen LogP) is 2.86. The number of hydrogen-bond donors (Lipinski definition) is 1. The first-order valence-electron chi connectivity index (χ1n) is 11.1. The second-order valence-electron chi connectivity index (χ2n) is 8.32. The minimum atomic E-state index is -3.42. The fourth-order valence-corrected chi connectivity index (χ4v) is 5.81. The molecule has 0 aliphatic carbocycles. The summed E-state index contributed by atoms with van der Waals surface area (Å²) < 4.78 is 26.9. The monoisotopic (exact) mass is 421 g/mol. The van der Waals surface area contributed by atoms with Crippen LogP contribution in [0.5, 0.6) is 0 Å². The van der Waals surface area contributed by atoms with E-state index in [1.54, 1.807) is 28.6 Å². The molecule has 29 heavy (non-hydrogen) atoms. The van der Waals surface area contributed by atoms with Gasteiger partial charge in [-0.2, -0.15) is 4.31 Å². The number of hydrogen-bond acceptors (Lipinski definition) is 4. The van der Waals surface area contributed by atoms with Crippen LogP contribution in [0.2, 0.25) is 0 Å². The number of carbonyl (C=O) groups excluding carboxylic acids is 1. The molecule has 1 aromatic rings. The molecule has 3 rings (SSSR count). The average Bonchev–Trinajstić information content (AvgIpc) is 3.01. The Balaban J connectivity index is 1.33. The highest BCUT2D eigenvalue weighted by Crippen LogP contribution is 2.25. The molecule has 0 spiro atoms. The van der Waals surface area contributed by atoms with Crippen molar-refractivity contribution < 1.29 is 13.2 Å². The Morgan fingerprint density at radius 2 is 1.62 bits per heavy atom. The normalized spacial score (nSPS) is 20.3. The van der Waals surface area contributed by atoms with E-state index in [0.29, 0.717) is 24.4 Å². The first-order valence-corrected chi connectivity index (χ1v) is 12.5. The van der Waals surface area contributed by atoms with Crippen molar-refractivity contribution in [2.24, 2.45) is 5.92 Å². The number of sulfonamides is 1. The SMILES string of the molecule is O=C(CC1CCN(S(=O)(=O)c2ccccc2)CC1)NCCCN1CCCCCC1. The third kappa shape index (κ3) is 6.79. The summed E-state index contributed by atoms with van der Waals surface area (Å²) >= 11 is 0. The second kappa shape index (κ2) is 11.1. The molecule has 2 fully saturated rings. The number of likely N-dealkylation sites (tertiary alicyclic amines) is 1. The van der Waals surface area contributed by atoms with Gasteiger partial charge in [0.2, 0.25) is 15.9 Å². The van der Waals surface area contributed by atoms with Gasteiger partial charge in [-0.05, 0) is 69.8 Å². The van der Waals surface area contributed by atoms with E-state index in [0.717, 1.165) is 32.4 Å². The van der Waals surface area contributed by atoms with E-state index in [-0.39, 0.29) is 11.8 Å². The number of amides is 1. The van der Waals surface area contributed by atoms with E-state index in [4.69, 9.17) is 0 Å². The van der Waals surface area contributed by atoms with Gasteiger partial charge in [0.1, 0.15) is 0 Å². The maximum Gasteiger partial charge on any atom is 0.243 e. The van der Waals surface area contributed by atoms with Gasteiger partial charge in [0.25, 0.3) is 0 Å². The van der Waals surface area contributed by atoms with Crippen LogP contribution in [0.25, 0.3) is 0 Å². The zero-order valence-corrected chi connectivity index (χ0v) is 18.2. The molecule has 7 heteroatoms. The molecule has 0 saturated carbocycles. The lowest BCUT2D eigenvalue weighted by Crippen LogP contribution is -2.39. The summed E-state index contributed by atoms with van der Waals surface area (Å²) in [6.07, 6.45) is 8.27. The summed E-state index contributed by atoms with van der Waals surface area (Å²) in [6, 6.07) is 8.59. The molecule has 1 aromatic carbocycles. The van der Waals surface area contributed by atoms with Gasteiger partial charge < -0.3 is 10.2 Å². The lowest BCUT2D eigenvalue weighted by Gasteiger charge is -2.31. The highest BCUT2D eigenvalue weighted by atomic mass is 32.2. The van der Waals surface area contributed by atoms with E-state index >= 15 is 0 Å². The molecule has 0 aromatic heterocycles. The van der Waals surface area contributed by atoms with E-state index in [9.17, 15) is 13.2 Å². The molecule has 1 N–H and O–H groups in total. The zero-order chi connectivity index (χ0) is 20.5. The van der Waals surface area contributed by atoms with Gasteiger partial charge in [-0.3, -0.25) is 4.79 Å². The Morgan fingerprint density at radius 1 is 0.966 bits per heavy atom. The van der Waals surface area contributed by atoms with Crippen LogP contribution in [0.1, 0.15) is 51.4 Å². The first kappa shape index (κ1) is 22.2. The standard InChI is InChI=1S/C22H35N3O3S/c26-22(23-13-8-16-24-14-6-1-2-7-15-24)19-20-11-17-25(18-12-20)29(27,28)21-9-4-3-5-10-21/h3-5,9-10,20H,1-2,6-8,11-19H2,(H,23,26). The van der Waals surface area contributed by atoms with E-state index < -0.39 is 10.0 Å².